The van der Waals surface area contributed by atoms with E-state index in [0.717, 1.165) is 51.1 Å². The first-order valence-electron chi connectivity index (χ1n) is 20.9. The van der Waals surface area contributed by atoms with Gasteiger partial charge in [0.15, 0.2) is 0 Å². The van der Waals surface area contributed by atoms with E-state index in [0.29, 0.717) is 0 Å². The van der Waals surface area contributed by atoms with E-state index in [2.05, 4.69) is 221 Å². The average molecular weight is 798 g/mol. The summed E-state index contributed by atoms with van der Waals surface area (Å²) in [5, 5.41) is 5.03. The molecule has 4 heterocycles. The Morgan fingerprint density at radius 3 is 2.03 bits per heavy atom. The SMILES string of the molecule is Cc1ccc(N(c2ccc3c(c2)Oc2cccc4c2B3c2cc3c5ccccc5n(-c5ccccc5)c3cc2N4c2ccccc2)c2cccc3c2sc2ccccc23)cc1. The highest BCUT2D eigenvalue weighted by atomic mass is 32.1. The molecule has 286 valence electrons. The number of para-hydroxylation sites is 3. The minimum absolute atomic E-state index is 0.0546. The monoisotopic (exact) mass is 797 g/mol. The van der Waals surface area contributed by atoms with Crippen LogP contribution in [-0.4, -0.2) is 11.3 Å². The highest BCUT2D eigenvalue weighted by molar-refractivity contribution is 7.26. The maximum Gasteiger partial charge on any atom is 0.256 e. The zero-order valence-corrected chi connectivity index (χ0v) is 34.1. The van der Waals surface area contributed by atoms with E-state index < -0.39 is 0 Å². The number of benzene rings is 9. The molecule has 0 atom stereocenters. The van der Waals surface area contributed by atoms with Gasteiger partial charge in [0, 0.05) is 66.4 Å². The van der Waals surface area contributed by atoms with Crippen molar-refractivity contribution in [2.24, 2.45) is 0 Å². The Labute approximate surface area is 357 Å². The molecule has 0 unspecified atom stereocenters. The molecule has 11 aromatic rings. The number of thiophene rings is 1. The molecule has 0 radical (unpaired) electrons. The molecule has 2 aliphatic heterocycles. The van der Waals surface area contributed by atoms with Crippen molar-refractivity contribution in [3.8, 4) is 17.2 Å². The first kappa shape index (κ1) is 34.3. The van der Waals surface area contributed by atoms with Gasteiger partial charge in [-0.3, -0.25) is 0 Å². The van der Waals surface area contributed by atoms with Crippen LogP contribution in [0.3, 0.4) is 0 Å². The molecule has 6 heteroatoms. The molecule has 0 saturated heterocycles. The topological polar surface area (TPSA) is 20.6 Å². The molecular weight excluding hydrogens is 762 g/mol. The molecule has 0 amide bonds. The third kappa shape index (κ3) is 5.12. The Hall–Kier alpha value is -7.54. The summed E-state index contributed by atoms with van der Waals surface area (Å²) in [6.07, 6.45) is 0. The van der Waals surface area contributed by atoms with Gasteiger partial charge in [0.1, 0.15) is 11.5 Å². The van der Waals surface area contributed by atoms with Crippen LogP contribution in [0.5, 0.6) is 11.5 Å². The number of fused-ring (bicyclic) bond motifs is 10. The number of rotatable bonds is 5. The third-order valence-electron chi connectivity index (χ3n) is 12.7. The highest BCUT2D eigenvalue weighted by Crippen LogP contribution is 2.47. The van der Waals surface area contributed by atoms with Crippen LogP contribution in [0.25, 0.3) is 47.7 Å². The van der Waals surface area contributed by atoms with Crippen LogP contribution in [0, 0.1) is 6.92 Å². The number of hydrogen-bond acceptors (Lipinski definition) is 4. The molecule has 4 nitrogen and oxygen atoms in total. The van der Waals surface area contributed by atoms with Crippen molar-refractivity contribution in [3.63, 3.8) is 0 Å². The van der Waals surface area contributed by atoms with Crippen LogP contribution in [0.15, 0.2) is 200 Å². The lowest BCUT2D eigenvalue weighted by atomic mass is 9.34. The van der Waals surface area contributed by atoms with Gasteiger partial charge in [-0.15, -0.1) is 11.3 Å². The molecule has 2 aromatic heterocycles. The van der Waals surface area contributed by atoms with Gasteiger partial charge in [-0.1, -0.05) is 121 Å². The molecule has 61 heavy (non-hydrogen) atoms. The summed E-state index contributed by atoms with van der Waals surface area (Å²) in [6, 6.07) is 72.9. The lowest BCUT2D eigenvalue weighted by Gasteiger charge is -2.40. The molecule has 9 aromatic carbocycles. The molecule has 0 N–H and O–H groups in total. The second-order valence-corrected chi connectivity index (χ2v) is 17.2. The zero-order chi connectivity index (χ0) is 40.2. The number of hydrogen-bond donors (Lipinski definition) is 0. The fraction of sp³-hybridized carbons (Fsp3) is 0.0182. The largest absolute Gasteiger partial charge is 0.458 e. The standard InChI is InChI=1S/C55H36BN3OS/c1-35-26-28-38(29-27-35)57(48-23-12-20-42-41-19-9-11-25-53(41)61-55(42)48)39-30-31-44-52(32-39)60-51-24-13-22-47-54(51)56(44)45-33-43-40-18-8-10-21-46(40)58(36-14-4-2-5-15-36)49(43)34-50(45)59(47)37-16-6-3-7-17-37/h2-34H,1H3. The van der Waals surface area contributed by atoms with Crippen molar-refractivity contribution in [1.29, 1.82) is 0 Å². The van der Waals surface area contributed by atoms with Crippen molar-refractivity contribution in [2.45, 2.75) is 6.92 Å². The Morgan fingerprint density at radius 1 is 0.492 bits per heavy atom. The number of anilines is 6. The predicted molar refractivity (Wildman–Crippen MR) is 259 cm³/mol. The Bertz CT molecular complexity index is 3540. The normalized spacial score (nSPS) is 12.7. The van der Waals surface area contributed by atoms with Crippen LogP contribution in [0.2, 0.25) is 0 Å². The first-order chi connectivity index (χ1) is 30.2. The third-order valence-corrected chi connectivity index (χ3v) is 13.9. The van der Waals surface area contributed by atoms with Crippen LogP contribution in [0.4, 0.5) is 34.1 Å². The highest BCUT2D eigenvalue weighted by Gasteiger charge is 2.42. The Balaban J connectivity index is 1.05. The van der Waals surface area contributed by atoms with E-state index in [4.69, 9.17) is 4.74 Å². The first-order valence-corrected chi connectivity index (χ1v) is 21.7. The van der Waals surface area contributed by atoms with E-state index in [1.165, 1.54) is 64.2 Å². The number of aryl methyl sites for hydroxylation is 1. The lowest BCUT2D eigenvalue weighted by Crippen LogP contribution is -2.59. The maximum atomic E-state index is 7.11. The molecule has 0 saturated carbocycles. The van der Waals surface area contributed by atoms with Crippen molar-refractivity contribution in [1.82, 2.24) is 4.57 Å². The van der Waals surface area contributed by atoms with Gasteiger partial charge in [-0.2, -0.15) is 0 Å². The summed E-state index contributed by atoms with van der Waals surface area (Å²) in [7, 11) is 0. The van der Waals surface area contributed by atoms with E-state index in [9.17, 15) is 0 Å². The van der Waals surface area contributed by atoms with Gasteiger partial charge in [-0.05, 0) is 102 Å². The summed E-state index contributed by atoms with van der Waals surface area (Å²) in [4.78, 5) is 4.84. The van der Waals surface area contributed by atoms with E-state index in [-0.39, 0.29) is 6.71 Å². The van der Waals surface area contributed by atoms with Gasteiger partial charge < -0.3 is 19.1 Å². The van der Waals surface area contributed by atoms with Gasteiger partial charge in [-0.25, -0.2) is 0 Å². The van der Waals surface area contributed by atoms with Crippen molar-refractivity contribution < 1.29 is 4.74 Å². The van der Waals surface area contributed by atoms with Gasteiger partial charge in [0.2, 0.25) is 0 Å². The average Bonchev–Trinajstić information content (AvgIpc) is 3.85. The number of ether oxygens (including phenoxy) is 1. The fourth-order valence-electron chi connectivity index (χ4n) is 10.0. The van der Waals surface area contributed by atoms with E-state index in [1.54, 1.807) is 0 Å². The van der Waals surface area contributed by atoms with Gasteiger partial charge in [0.25, 0.3) is 6.71 Å². The molecule has 13 rings (SSSR count). The van der Waals surface area contributed by atoms with E-state index >= 15 is 0 Å². The van der Waals surface area contributed by atoms with Crippen LogP contribution in [0.1, 0.15) is 5.56 Å². The number of nitrogens with zero attached hydrogens (tertiary/aromatic N) is 3. The summed E-state index contributed by atoms with van der Waals surface area (Å²) < 4.78 is 12.1. The molecule has 2 aliphatic rings. The minimum atomic E-state index is -0.0546. The smallest absolute Gasteiger partial charge is 0.256 e. The summed E-state index contributed by atoms with van der Waals surface area (Å²) >= 11 is 1.85. The van der Waals surface area contributed by atoms with Crippen molar-refractivity contribution in [3.05, 3.63) is 206 Å². The maximum absolute atomic E-state index is 7.11. The zero-order valence-electron chi connectivity index (χ0n) is 33.3. The van der Waals surface area contributed by atoms with Crippen LogP contribution >= 0.6 is 11.3 Å². The Kier molecular flexibility index (Phi) is 7.45. The second-order valence-electron chi connectivity index (χ2n) is 16.2. The molecule has 0 spiro atoms. The van der Waals surface area contributed by atoms with E-state index in [1.807, 2.05) is 11.3 Å². The van der Waals surface area contributed by atoms with Crippen LogP contribution in [-0.2, 0) is 0 Å². The predicted octanol–water partition coefficient (Wildman–Crippen LogP) is 13.3. The fourth-order valence-corrected chi connectivity index (χ4v) is 11.2. The molecular formula is C55H36BN3OS. The molecule has 0 aliphatic carbocycles. The van der Waals surface area contributed by atoms with Gasteiger partial charge >= 0.3 is 0 Å². The minimum Gasteiger partial charge on any atom is -0.458 e. The van der Waals surface area contributed by atoms with Crippen LogP contribution < -0.4 is 30.9 Å². The van der Waals surface area contributed by atoms with Gasteiger partial charge in [0.05, 0.1) is 21.4 Å². The lowest BCUT2D eigenvalue weighted by molar-refractivity contribution is 0.487. The summed E-state index contributed by atoms with van der Waals surface area (Å²) in [6.45, 7) is 2.09. The Morgan fingerprint density at radius 2 is 1.20 bits per heavy atom. The second kappa shape index (κ2) is 13.2. The molecule has 0 fully saturated rings. The summed E-state index contributed by atoms with van der Waals surface area (Å²) in [5.74, 6) is 1.76. The van der Waals surface area contributed by atoms with Crippen molar-refractivity contribution in [2.75, 3.05) is 9.80 Å². The summed E-state index contributed by atoms with van der Waals surface area (Å²) in [5.41, 5.74) is 15.1. The van der Waals surface area contributed by atoms with Crippen molar-refractivity contribution >= 4 is 111 Å². The quantitative estimate of drug-likeness (QED) is 0.162. The number of aromatic nitrogens is 1. The molecule has 0 bridgehead atoms.